The molecule has 0 radical (unpaired) electrons. The van der Waals surface area contributed by atoms with Crippen LogP contribution < -0.4 is 9.47 Å². The SMILES string of the molecule is CC1=C(c2cccc(O)c2)C(c2ccc(OC[C@H](C)N3CC[C@@H](C)C3)cc2)Oc2cc(-c3cccnc3C)ccc21. The van der Waals surface area contributed by atoms with Gasteiger partial charge in [0.2, 0.25) is 0 Å². The van der Waals surface area contributed by atoms with E-state index >= 15 is 0 Å². The Kier molecular flexibility index (Phi) is 7.55. The minimum absolute atomic E-state index is 0.236. The van der Waals surface area contributed by atoms with Crippen LogP contribution in [-0.2, 0) is 0 Å². The topological polar surface area (TPSA) is 54.8 Å². The molecule has 1 saturated heterocycles. The number of phenolic OH excluding ortho intramolecular Hbond substituents is 1. The van der Waals surface area contributed by atoms with Gasteiger partial charge in [-0.3, -0.25) is 9.88 Å². The first-order valence-electron chi connectivity index (χ1n) is 14.6. The van der Waals surface area contributed by atoms with Crippen molar-refractivity contribution >= 4 is 11.1 Å². The summed E-state index contributed by atoms with van der Waals surface area (Å²) in [6.45, 7) is 11.7. The van der Waals surface area contributed by atoms with E-state index in [-0.39, 0.29) is 11.9 Å². The molecule has 5 heteroatoms. The maximum absolute atomic E-state index is 10.3. The van der Waals surface area contributed by atoms with Gasteiger partial charge in [0.25, 0.3) is 0 Å². The van der Waals surface area contributed by atoms with Crippen LogP contribution in [0.3, 0.4) is 0 Å². The number of aromatic hydroxyl groups is 1. The maximum Gasteiger partial charge on any atom is 0.150 e. The number of ether oxygens (including phenoxy) is 2. The molecule has 1 N–H and O–H groups in total. The number of benzene rings is 3. The molecule has 1 fully saturated rings. The molecule has 2 aliphatic heterocycles. The van der Waals surface area contributed by atoms with Crippen LogP contribution >= 0.6 is 0 Å². The van der Waals surface area contributed by atoms with E-state index < -0.39 is 0 Å². The van der Waals surface area contributed by atoms with Crippen molar-refractivity contribution in [2.45, 2.75) is 46.3 Å². The van der Waals surface area contributed by atoms with E-state index in [1.807, 2.05) is 49.5 Å². The van der Waals surface area contributed by atoms with Crippen molar-refractivity contribution in [1.29, 1.82) is 0 Å². The molecule has 210 valence electrons. The molecule has 4 aromatic rings. The van der Waals surface area contributed by atoms with Crippen LogP contribution in [0.15, 0.2) is 85.1 Å². The Bertz CT molecular complexity index is 1580. The molecule has 6 rings (SSSR count). The fourth-order valence-electron chi connectivity index (χ4n) is 6.12. The summed E-state index contributed by atoms with van der Waals surface area (Å²) >= 11 is 0. The Morgan fingerprint density at radius 2 is 1.80 bits per heavy atom. The molecular weight excluding hydrogens is 508 g/mol. The van der Waals surface area contributed by atoms with Gasteiger partial charge in [0.15, 0.2) is 0 Å². The van der Waals surface area contributed by atoms with Crippen molar-refractivity contribution in [3.63, 3.8) is 0 Å². The fraction of sp³-hybridized carbons (Fsp3) is 0.306. The lowest BCUT2D eigenvalue weighted by atomic mass is 9.85. The summed E-state index contributed by atoms with van der Waals surface area (Å²) in [7, 11) is 0. The first kappa shape index (κ1) is 27.1. The molecular formula is C36H38N2O3. The zero-order valence-corrected chi connectivity index (χ0v) is 24.3. The van der Waals surface area contributed by atoms with Crippen LogP contribution in [0.4, 0.5) is 0 Å². The number of allylic oxidation sites excluding steroid dienone is 1. The number of phenols is 1. The second kappa shape index (κ2) is 11.4. The van der Waals surface area contributed by atoms with Crippen LogP contribution in [0.25, 0.3) is 22.3 Å². The van der Waals surface area contributed by atoms with Crippen LogP contribution in [0.2, 0.25) is 0 Å². The molecule has 3 aromatic carbocycles. The largest absolute Gasteiger partial charge is 0.508 e. The van der Waals surface area contributed by atoms with Crippen LogP contribution in [0.1, 0.15) is 55.7 Å². The Labute approximate surface area is 243 Å². The van der Waals surface area contributed by atoms with Crippen molar-refractivity contribution in [3.05, 3.63) is 107 Å². The number of pyridine rings is 1. The van der Waals surface area contributed by atoms with Crippen LogP contribution in [0.5, 0.6) is 17.2 Å². The van der Waals surface area contributed by atoms with E-state index in [0.29, 0.717) is 12.6 Å². The third kappa shape index (κ3) is 5.59. The number of hydrogen-bond acceptors (Lipinski definition) is 5. The Balaban J connectivity index is 1.31. The van der Waals surface area contributed by atoms with Crippen molar-refractivity contribution in [3.8, 4) is 28.4 Å². The third-order valence-corrected chi connectivity index (χ3v) is 8.52. The summed E-state index contributed by atoms with van der Waals surface area (Å²) in [6, 6.07) is 26.5. The van der Waals surface area contributed by atoms with Gasteiger partial charge in [-0.2, -0.15) is 0 Å². The maximum atomic E-state index is 10.3. The summed E-state index contributed by atoms with van der Waals surface area (Å²) in [5, 5.41) is 10.3. The average Bonchev–Trinajstić information content (AvgIpc) is 3.42. The Morgan fingerprint density at radius 1 is 0.976 bits per heavy atom. The predicted molar refractivity (Wildman–Crippen MR) is 165 cm³/mol. The number of aromatic nitrogens is 1. The molecule has 0 aliphatic carbocycles. The summed E-state index contributed by atoms with van der Waals surface area (Å²) in [5.41, 5.74) is 8.35. The Hall–Kier alpha value is -4.09. The predicted octanol–water partition coefficient (Wildman–Crippen LogP) is 7.94. The van der Waals surface area contributed by atoms with E-state index in [1.54, 1.807) is 6.07 Å². The summed E-state index contributed by atoms with van der Waals surface area (Å²) in [4.78, 5) is 6.99. The molecule has 41 heavy (non-hydrogen) atoms. The number of nitrogens with zero attached hydrogens (tertiary/aromatic N) is 2. The Morgan fingerprint density at radius 3 is 2.54 bits per heavy atom. The minimum Gasteiger partial charge on any atom is -0.508 e. The highest BCUT2D eigenvalue weighted by Crippen LogP contribution is 2.48. The van der Waals surface area contributed by atoms with Gasteiger partial charge < -0.3 is 14.6 Å². The van der Waals surface area contributed by atoms with Crippen LogP contribution in [0, 0.1) is 12.8 Å². The van der Waals surface area contributed by atoms with E-state index in [2.05, 4.69) is 67.1 Å². The monoisotopic (exact) mass is 546 g/mol. The second-order valence-corrected chi connectivity index (χ2v) is 11.6. The lowest BCUT2D eigenvalue weighted by Gasteiger charge is -2.31. The number of aryl methyl sites for hydroxylation is 1. The highest BCUT2D eigenvalue weighted by Gasteiger charge is 2.30. The molecule has 0 saturated carbocycles. The van der Waals surface area contributed by atoms with Gasteiger partial charge >= 0.3 is 0 Å². The van der Waals surface area contributed by atoms with Crippen molar-refractivity contribution in [2.75, 3.05) is 19.7 Å². The van der Waals surface area contributed by atoms with Gasteiger partial charge in [-0.1, -0.05) is 49.4 Å². The lowest BCUT2D eigenvalue weighted by Crippen LogP contribution is -2.35. The van der Waals surface area contributed by atoms with E-state index in [9.17, 15) is 5.11 Å². The summed E-state index contributed by atoms with van der Waals surface area (Å²) in [6.07, 6.45) is 2.74. The van der Waals surface area contributed by atoms with Gasteiger partial charge in [-0.25, -0.2) is 0 Å². The standard InChI is InChI=1S/C36H38N2O3/c1-23-16-18-38(21-23)24(2)22-40-31-13-10-27(11-14-31)36-35(29-7-5-8-30(39)19-29)25(3)32-15-12-28(20-34(32)41-36)33-9-6-17-37-26(33)4/h5-15,17,19-20,23-24,36,39H,16,18,21-22H2,1-4H3/t23-,24+,36?/m1/s1. The zero-order valence-electron chi connectivity index (χ0n) is 24.3. The van der Waals surface area contributed by atoms with Gasteiger partial charge in [0.1, 0.15) is 30.0 Å². The summed E-state index contributed by atoms with van der Waals surface area (Å²) < 4.78 is 13.0. The number of likely N-dealkylation sites (tertiary alicyclic amines) is 1. The molecule has 3 atom stereocenters. The smallest absolute Gasteiger partial charge is 0.150 e. The highest BCUT2D eigenvalue weighted by molar-refractivity contribution is 5.96. The minimum atomic E-state index is -0.339. The van der Waals surface area contributed by atoms with Gasteiger partial charge in [-0.15, -0.1) is 0 Å². The number of fused-ring (bicyclic) bond motifs is 1. The van der Waals surface area contributed by atoms with Gasteiger partial charge in [0, 0.05) is 41.2 Å². The van der Waals surface area contributed by atoms with Crippen molar-refractivity contribution < 1.29 is 14.6 Å². The molecule has 0 amide bonds. The average molecular weight is 547 g/mol. The molecule has 1 unspecified atom stereocenters. The zero-order chi connectivity index (χ0) is 28.5. The molecule has 2 aliphatic rings. The van der Waals surface area contributed by atoms with Gasteiger partial charge in [-0.05, 0) is 98.3 Å². The van der Waals surface area contributed by atoms with E-state index in [0.717, 1.165) is 75.2 Å². The molecule has 0 bridgehead atoms. The summed E-state index contributed by atoms with van der Waals surface area (Å²) in [5.74, 6) is 2.70. The number of hydrogen-bond donors (Lipinski definition) is 1. The molecule has 3 heterocycles. The first-order valence-corrected chi connectivity index (χ1v) is 14.6. The van der Waals surface area contributed by atoms with Crippen molar-refractivity contribution in [1.82, 2.24) is 9.88 Å². The molecule has 1 aromatic heterocycles. The second-order valence-electron chi connectivity index (χ2n) is 11.6. The molecule has 0 spiro atoms. The highest BCUT2D eigenvalue weighted by atomic mass is 16.5. The van der Waals surface area contributed by atoms with Crippen molar-refractivity contribution in [2.24, 2.45) is 5.92 Å². The van der Waals surface area contributed by atoms with Gasteiger partial charge in [0.05, 0.1) is 0 Å². The fourth-order valence-corrected chi connectivity index (χ4v) is 6.12. The van der Waals surface area contributed by atoms with Crippen LogP contribution in [-0.4, -0.2) is 40.7 Å². The number of rotatable bonds is 7. The third-order valence-electron chi connectivity index (χ3n) is 8.52. The first-order chi connectivity index (χ1) is 19.9. The van der Waals surface area contributed by atoms with E-state index in [1.165, 1.54) is 6.42 Å². The normalized spacial score (nSPS) is 19.5. The lowest BCUT2D eigenvalue weighted by molar-refractivity contribution is 0.169. The molecule has 5 nitrogen and oxygen atoms in total. The van der Waals surface area contributed by atoms with E-state index in [4.69, 9.17) is 9.47 Å². The quantitative estimate of drug-likeness (QED) is 0.255.